The van der Waals surface area contributed by atoms with Gasteiger partial charge >= 0.3 is 14.7 Å². The number of hydrogen-bond acceptors (Lipinski definition) is 3. The van der Waals surface area contributed by atoms with Gasteiger partial charge in [-0.25, -0.2) is 0 Å². The number of nitrogens with zero attached hydrogens (tertiary/aromatic N) is 1. The van der Waals surface area contributed by atoms with Gasteiger partial charge < -0.3 is 8.85 Å². The molecule has 0 unspecified atom stereocenters. The van der Waals surface area contributed by atoms with Crippen molar-refractivity contribution in [2.24, 2.45) is 0 Å². The topological polar surface area (TPSA) is 42.2 Å². The van der Waals surface area contributed by atoms with E-state index in [9.17, 15) is 13.2 Å². The normalized spacial score (nSPS) is 12.5. The molecule has 3 nitrogen and oxygen atoms in total. The summed E-state index contributed by atoms with van der Waals surface area (Å²) >= 11 is 0. The van der Waals surface area contributed by atoms with Crippen LogP contribution in [0.5, 0.6) is 0 Å². The fourth-order valence-electron chi connectivity index (χ4n) is 1.56. The predicted octanol–water partition coefficient (Wildman–Crippen LogP) is 3.37. The quantitative estimate of drug-likeness (QED) is 0.634. The minimum Gasteiger partial charge on any atom is -0.394 e. The molecule has 0 saturated carbocycles. The van der Waals surface area contributed by atoms with E-state index in [2.05, 4.69) is 0 Å². The number of halogens is 3. The SMILES string of the molecule is CCO[Si](CCC#N)(CCC(F)(F)F)OCC. The molecular formula is C10H18F3NO2Si. The second-order valence-electron chi connectivity index (χ2n) is 3.55. The van der Waals surface area contributed by atoms with Crippen molar-refractivity contribution in [2.75, 3.05) is 13.2 Å². The van der Waals surface area contributed by atoms with E-state index in [1.165, 1.54) is 0 Å². The van der Waals surface area contributed by atoms with E-state index in [-0.39, 0.29) is 12.5 Å². The van der Waals surface area contributed by atoms with Gasteiger partial charge in [-0.3, -0.25) is 0 Å². The molecule has 0 fully saturated rings. The summed E-state index contributed by atoms with van der Waals surface area (Å²) in [6.07, 6.45) is -4.95. The van der Waals surface area contributed by atoms with E-state index >= 15 is 0 Å². The molecule has 0 aromatic carbocycles. The van der Waals surface area contributed by atoms with E-state index < -0.39 is 21.2 Å². The number of rotatable bonds is 8. The van der Waals surface area contributed by atoms with Crippen molar-refractivity contribution in [2.45, 2.75) is 45.0 Å². The molecule has 100 valence electrons. The first-order valence-electron chi connectivity index (χ1n) is 5.60. The van der Waals surface area contributed by atoms with Gasteiger partial charge in [-0.15, -0.1) is 0 Å². The van der Waals surface area contributed by atoms with Gasteiger partial charge in [0.1, 0.15) is 0 Å². The predicted molar refractivity (Wildman–Crippen MR) is 59.5 cm³/mol. The Morgan fingerprint density at radius 1 is 1.12 bits per heavy atom. The molecule has 0 rings (SSSR count). The van der Waals surface area contributed by atoms with E-state index in [1.54, 1.807) is 13.8 Å². The Kier molecular flexibility index (Phi) is 7.42. The van der Waals surface area contributed by atoms with Crippen molar-refractivity contribution in [1.82, 2.24) is 0 Å². The fourth-order valence-corrected chi connectivity index (χ4v) is 4.68. The van der Waals surface area contributed by atoms with Gasteiger partial charge in [0.2, 0.25) is 0 Å². The van der Waals surface area contributed by atoms with Gasteiger partial charge in [-0.1, -0.05) is 0 Å². The van der Waals surface area contributed by atoms with Crippen molar-refractivity contribution in [3.63, 3.8) is 0 Å². The second kappa shape index (κ2) is 7.69. The molecular weight excluding hydrogens is 251 g/mol. The van der Waals surface area contributed by atoms with Crippen LogP contribution >= 0.6 is 0 Å². The monoisotopic (exact) mass is 269 g/mol. The fraction of sp³-hybridized carbons (Fsp3) is 0.900. The van der Waals surface area contributed by atoms with Crippen LogP contribution in [0.4, 0.5) is 13.2 Å². The van der Waals surface area contributed by atoms with Crippen LogP contribution in [0.1, 0.15) is 26.7 Å². The summed E-state index contributed by atoms with van der Waals surface area (Å²) in [4.78, 5) is 0. The highest BCUT2D eigenvalue weighted by Gasteiger charge is 2.41. The molecule has 17 heavy (non-hydrogen) atoms. The zero-order chi connectivity index (χ0) is 13.4. The van der Waals surface area contributed by atoms with Gasteiger partial charge in [0.15, 0.2) is 0 Å². The minimum absolute atomic E-state index is 0.139. The van der Waals surface area contributed by atoms with Crippen LogP contribution in [-0.4, -0.2) is 28.0 Å². The summed E-state index contributed by atoms with van der Waals surface area (Å²) in [6, 6.07) is 2.08. The number of hydrogen-bond donors (Lipinski definition) is 0. The van der Waals surface area contributed by atoms with Crippen LogP contribution in [0.15, 0.2) is 0 Å². The van der Waals surface area contributed by atoms with Gasteiger partial charge in [0, 0.05) is 32.1 Å². The van der Waals surface area contributed by atoms with Crippen LogP contribution in [0.2, 0.25) is 12.1 Å². The van der Waals surface area contributed by atoms with E-state index in [4.69, 9.17) is 14.1 Å². The van der Waals surface area contributed by atoms with Crippen molar-refractivity contribution in [3.8, 4) is 6.07 Å². The summed E-state index contributed by atoms with van der Waals surface area (Å²) in [7, 11) is -2.87. The van der Waals surface area contributed by atoms with Crippen LogP contribution in [0.25, 0.3) is 0 Å². The third kappa shape index (κ3) is 7.36. The Hall–Kier alpha value is -0.583. The Labute approximate surface area is 101 Å². The standard InChI is InChI=1S/C10H18F3NO2Si/c1-3-15-17(16-4-2,8-5-7-14)9-6-10(11,12)13/h3-6,8-9H2,1-2H3. The Morgan fingerprint density at radius 2 is 1.65 bits per heavy atom. The molecule has 0 amide bonds. The first-order valence-corrected chi connectivity index (χ1v) is 7.84. The lowest BCUT2D eigenvalue weighted by Gasteiger charge is -2.29. The summed E-state index contributed by atoms with van der Waals surface area (Å²) < 4.78 is 47.6. The minimum atomic E-state index is -4.21. The molecule has 0 atom stereocenters. The largest absolute Gasteiger partial charge is 0.394 e. The highest BCUT2D eigenvalue weighted by atomic mass is 28.4. The highest BCUT2D eigenvalue weighted by Crippen LogP contribution is 2.30. The van der Waals surface area contributed by atoms with Gasteiger partial charge in [0.05, 0.1) is 6.07 Å². The summed E-state index contributed by atoms with van der Waals surface area (Å²) in [5, 5.41) is 8.53. The lowest BCUT2D eigenvalue weighted by Crippen LogP contribution is -2.43. The Morgan fingerprint density at radius 3 is 2.00 bits per heavy atom. The van der Waals surface area contributed by atoms with E-state index in [0.29, 0.717) is 19.3 Å². The molecule has 0 aliphatic heterocycles. The summed E-state index contributed by atoms with van der Waals surface area (Å²) in [6.45, 7) is 4.08. The van der Waals surface area contributed by atoms with E-state index in [0.717, 1.165) is 0 Å². The Balaban J connectivity index is 4.58. The molecule has 0 bridgehead atoms. The maximum atomic E-state index is 12.2. The lowest BCUT2D eigenvalue weighted by molar-refractivity contribution is -0.132. The van der Waals surface area contributed by atoms with Crippen molar-refractivity contribution < 1.29 is 22.0 Å². The maximum absolute atomic E-state index is 12.2. The van der Waals surface area contributed by atoms with Gasteiger partial charge in [0.25, 0.3) is 0 Å². The van der Waals surface area contributed by atoms with Crippen molar-refractivity contribution in [1.29, 1.82) is 5.26 Å². The van der Waals surface area contributed by atoms with Crippen molar-refractivity contribution >= 4 is 8.56 Å². The zero-order valence-corrected chi connectivity index (χ0v) is 11.1. The first kappa shape index (κ1) is 16.4. The molecule has 0 aliphatic rings. The summed E-state index contributed by atoms with van der Waals surface area (Å²) in [5.41, 5.74) is 0. The van der Waals surface area contributed by atoms with Gasteiger partial charge in [-0.2, -0.15) is 18.4 Å². The van der Waals surface area contributed by atoms with Gasteiger partial charge in [-0.05, 0) is 19.9 Å². The third-order valence-electron chi connectivity index (χ3n) is 2.22. The number of nitriles is 1. The molecule has 0 N–H and O–H groups in total. The molecule has 0 aromatic heterocycles. The molecule has 0 saturated heterocycles. The third-order valence-corrected chi connectivity index (χ3v) is 5.88. The molecule has 0 aromatic rings. The van der Waals surface area contributed by atoms with E-state index in [1.807, 2.05) is 6.07 Å². The molecule has 0 aliphatic carbocycles. The maximum Gasteiger partial charge on any atom is 0.389 e. The van der Waals surface area contributed by atoms with Crippen LogP contribution in [0, 0.1) is 11.3 Å². The molecule has 7 heteroatoms. The van der Waals surface area contributed by atoms with Crippen LogP contribution < -0.4 is 0 Å². The Bertz CT molecular complexity index is 247. The molecule has 0 heterocycles. The lowest BCUT2D eigenvalue weighted by atomic mass is 10.5. The summed E-state index contributed by atoms with van der Waals surface area (Å²) in [5.74, 6) is 0. The second-order valence-corrected chi connectivity index (χ2v) is 6.95. The van der Waals surface area contributed by atoms with Crippen LogP contribution in [0.3, 0.4) is 0 Å². The molecule has 0 spiro atoms. The average molecular weight is 269 g/mol. The zero-order valence-electron chi connectivity index (χ0n) is 10.1. The first-order chi connectivity index (χ1) is 7.89. The number of alkyl halides is 3. The van der Waals surface area contributed by atoms with Crippen LogP contribution in [-0.2, 0) is 8.85 Å². The average Bonchev–Trinajstić information content (AvgIpc) is 2.23. The van der Waals surface area contributed by atoms with Crippen molar-refractivity contribution in [3.05, 3.63) is 0 Å². The molecule has 0 radical (unpaired) electrons. The highest BCUT2D eigenvalue weighted by molar-refractivity contribution is 6.67. The smallest absolute Gasteiger partial charge is 0.389 e.